The number of ether oxygens (including phenoxy) is 1. The van der Waals surface area contributed by atoms with Gasteiger partial charge in [0.05, 0.1) is 13.0 Å². The summed E-state index contributed by atoms with van der Waals surface area (Å²) in [5.74, 6) is -0.490. The van der Waals surface area contributed by atoms with Crippen molar-refractivity contribution >= 4 is 46.3 Å². The Balaban J connectivity index is 0.00000162. The summed E-state index contributed by atoms with van der Waals surface area (Å²) in [6.45, 7) is 1.69. The van der Waals surface area contributed by atoms with Crippen molar-refractivity contribution in [3.8, 4) is 5.75 Å². The van der Waals surface area contributed by atoms with Gasteiger partial charge in [0.2, 0.25) is 0 Å². The van der Waals surface area contributed by atoms with Crippen molar-refractivity contribution in [1.82, 2.24) is 0 Å². The van der Waals surface area contributed by atoms with Crippen molar-refractivity contribution in [1.29, 1.82) is 0 Å². The molecule has 1 N–H and O–H groups in total. The number of carboxylic acids is 1. The minimum Gasteiger partial charge on any atom is -0.497 e. The van der Waals surface area contributed by atoms with E-state index < -0.39 is 11.9 Å². The largest absolute Gasteiger partial charge is 0.497 e. The molecule has 0 aliphatic heterocycles. The molecule has 0 aliphatic carbocycles. The number of aliphatic carboxylic acids is 1. The van der Waals surface area contributed by atoms with Crippen LogP contribution < -0.4 is 4.74 Å². The molecular formula is C14H14NaO3. The summed E-state index contributed by atoms with van der Waals surface area (Å²) in [5, 5.41) is 11.0. The van der Waals surface area contributed by atoms with Crippen LogP contribution in [0.1, 0.15) is 18.4 Å². The summed E-state index contributed by atoms with van der Waals surface area (Å²) in [4.78, 5) is 10.9. The summed E-state index contributed by atoms with van der Waals surface area (Å²) in [7, 11) is 1.63. The third-order valence-corrected chi connectivity index (χ3v) is 2.94. The molecule has 0 bridgehead atoms. The fourth-order valence-corrected chi connectivity index (χ4v) is 1.78. The van der Waals surface area contributed by atoms with E-state index in [1.165, 1.54) is 0 Å². The molecule has 1 unspecified atom stereocenters. The zero-order valence-corrected chi connectivity index (χ0v) is 12.8. The van der Waals surface area contributed by atoms with Crippen molar-refractivity contribution < 1.29 is 14.6 Å². The minimum absolute atomic E-state index is 0. The Bertz CT molecular complexity index is 566. The second-order valence-electron chi connectivity index (χ2n) is 4.03. The molecule has 0 aliphatic rings. The van der Waals surface area contributed by atoms with Crippen molar-refractivity contribution in [2.45, 2.75) is 12.8 Å². The van der Waals surface area contributed by atoms with Crippen LogP contribution in [-0.4, -0.2) is 47.7 Å². The van der Waals surface area contributed by atoms with E-state index >= 15 is 0 Å². The molecule has 0 amide bonds. The van der Waals surface area contributed by atoms with Gasteiger partial charge in [-0.05, 0) is 35.4 Å². The minimum atomic E-state index is -0.808. The number of hydrogen-bond donors (Lipinski definition) is 1. The van der Waals surface area contributed by atoms with Gasteiger partial charge in [-0.2, -0.15) is 0 Å². The van der Waals surface area contributed by atoms with Gasteiger partial charge in [0.1, 0.15) is 5.75 Å². The van der Waals surface area contributed by atoms with E-state index in [9.17, 15) is 4.79 Å². The average Bonchev–Trinajstić information content (AvgIpc) is 2.36. The average molecular weight is 253 g/mol. The van der Waals surface area contributed by atoms with Crippen molar-refractivity contribution in [3.05, 3.63) is 42.0 Å². The Kier molecular flexibility index (Phi) is 5.20. The molecule has 0 saturated carbocycles. The van der Waals surface area contributed by atoms with E-state index in [-0.39, 0.29) is 29.6 Å². The van der Waals surface area contributed by atoms with Crippen LogP contribution in [-0.2, 0) is 4.79 Å². The van der Waals surface area contributed by atoms with E-state index in [4.69, 9.17) is 9.84 Å². The van der Waals surface area contributed by atoms with Gasteiger partial charge in [-0.1, -0.05) is 24.3 Å². The van der Waals surface area contributed by atoms with Gasteiger partial charge < -0.3 is 9.84 Å². The van der Waals surface area contributed by atoms with E-state index in [1.807, 2.05) is 36.4 Å². The second kappa shape index (κ2) is 6.23. The van der Waals surface area contributed by atoms with Crippen LogP contribution >= 0.6 is 0 Å². The number of benzene rings is 2. The Labute approximate surface area is 128 Å². The molecule has 0 fully saturated rings. The van der Waals surface area contributed by atoms with Crippen LogP contribution in [0.3, 0.4) is 0 Å². The van der Waals surface area contributed by atoms with Gasteiger partial charge in [0.15, 0.2) is 0 Å². The zero-order valence-electron chi connectivity index (χ0n) is 10.8. The third-order valence-electron chi connectivity index (χ3n) is 2.94. The first-order chi connectivity index (χ1) is 8.11. The standard InChI is InChI=1S/C14H14O3.Na/c1-9(14(15)16)10-3-4-12-8-13(17-2)6-5-11(12)7-10;/h3-9H,1-2H3,(H,15,16);. The summed E-state index contributed by atoms with van der Waals surface area (Å²) in [6, 6.07) is 11.4. The molecule has 2 aromatic rings. The first-order valence-electron chi connectivity index (χ1n) is 5.42. The fourth-order valence-electron chi connectivity index (χ4n) is 1.78. The molecule has 1 atom stereocenters. The molecule has 18 heavy (non-hydrogen) atoms. The van der Waals surface area contributed by atoms with E-state index in [0.717, 1.165) is 22.1 Å². The topological polar surface area (TPSA) is 46.5 Å². The van der Waals surface area contributed by atoms with Crippen molar-refractivity contribution in [2.75, 3.05) is 7.11 Å². The molecule has 4 heteroatoms. The fraction of sp³-hybridized carbons (Fsp3) is 0.214. The Hall–Kier alpha value is -1.03. The molecule has 0 aromatic heterocycles. The Morgan fingerprint density at radius 3 is 2.39 bits per heavy atom. The van der Waals surface area contributed by atoms with Crippen molar-refractivity contribution in [2.24, 2.45) is 0 Å². The molecule has 2 aromatic carbocycles. The maximum atomic E-state index is 10.9. The van der Waals surface area contributed by atoms with Gasteiger partial charge in [-0.25, -0.2) is 0 Å². The van der Waals surface area contributed by atoms with E-state index in [2.05, 4.69) is 0 Å². The smallest absolute Gasteiger partial charge is 0.310 e. The van der Waals surface area contributed by atoms with Gasteiger partial charge in [-0.3, -0.25) is 4.79 Å². The normalized spacial score (nSPS) is 11.7. The van der Waals surface area contributed by atoms with Gasteiger partial charge in [0, 0.05) is 29.6 Å². The first-order valence-corrected chi connectivity index (χ1v) is 5.42. The first kappa shape index (κ1) is 15.0. The second-order valence-corrected chi connectivity index (χ2v) is 4.03. The predicted octanol–water partition coefficient (Wildman–Crippen LogP) is 2.66. The quantitative estimate of drug-likeness (QED) is 0.855. The molecule has 0 spiro atoms. The van der Waals surface area contributed by atoms with Crippen LogP contribution in [0, 0.1) is 0 Å². The number of rotatable bonds is 3. The number of carbonyl (C=O) groups is 1. The molecule has 2 rings (SSSR count). The number of carboxylic acid groups (broad SMARTS) is 1. The van der Waals surface area contributed by atoms with Gasteiger partial charge >= 0.3 is 5.97 Å². The summed E-state index contributed by atoms with van der Waals surface area (Å²) in [5.41, 5.74) is 0.815. The molecule has 3 nitrogen and oxygen atoms in total. The maximum absolute atomic E-state index is 10.9. The van der Waals surface area contributed by atoms with Crippen LogP contribution in [0.25, 0.3) is 10.8 Å². The molecule has 0 heterocycles. The number of methoxy groups -OCH3 is 1. The monoisotopic (exact) mass is 253 g/mol. The van der Waals surface area contributed by atoms with Gasteiger partial charge in [0.25, 0.3) is 0 Å². The third kappa shape index (κ3) is 3.05. The van der Waals surface area contributed by atoms with Crippen LogP contribution in [0.4, 0.5) is 0 Å². The van der Waals surface area contributed by atoms with Gasteiger partial charge in [-0.15, -0.1) is 0 Å². The van der Waals surface area contributed by atoms with Crippen molar-refractivity contribution in [3.63, 3.8) is 0 Å². The maximum Gasteiger partial charge on any atom is 0.310 e. The Morgan fingerprint density at radius 2 is 1.78 bits per heavy atom. The SMILES string of the molecule is COc1ccc2cc(C(C)C(=O)O)ccc2c1.[Na]. The van der Waals surface area contributed by atoms with E-state index in [0.29, 0.717) is 0 Å². The summed E-state index contributed by atoms with van der Waals surface area (Å²) < 4.78 is 5.14. The molecule has 0 saturated heterocycles. The predicted molar refractivity (Wildman–Crippen MR) is 72.3 cm³/mol. The zero-order chi connectivity index (χ0) is 12.4. The number of hydrogen-bond acceptors (Lipinski definition) is 2. The molecular weight excluding hydrogens is 239 g/mol. The van der Waals surface area contributed by atoms with Crippen LogP contribution in [0.15, 0.2) is 36.4 Å². The Morgan fingerprint density at radius 1 is 1.17 bits per heavy atom. The van der Waals surface area contributed by atoms with Crippen LogP contribution in [0.5, 0.6) is 5.75 Å². The summed E-state index contributed by atoms with van der Waals surface area (Å²) >= 11 is 0. The summed E-state index contributed by atoms with van der Waals surface area (Å²) in [6.07, 6.45) is 0. The number of fused-ring (bicyclic) bond motifs is 1. The van der Waals surface area contributed by atoms with Crippen LogP contribution in [0.2, 0.25) is 0 Å². The molecule has 89 valence electrons. The van der Waals surface area contributed by atoms with E-state index in [1.54, 1.807) is 14.0 Å². The molecule has 1 radical (unpaired) electrons.